The summed E-state index contributed by atoms with van der Waals surface area (Å²) >= 11 is 0. The Morgan fingerprint density at radius 3 is 1.63 bits per heavy atom. The van der Waals surface area contributed by atoms with Gasteiger partial charge in [-0.2, -0.15) is 64.1 Å². The van der Waals surface area contributed by atoms with Crippen LogP contribution in [0.5, 0.6) is 0 Å². The summed E-state index contributed by atoms with van der Waals surface area (Å²) in [6.45, 7) is -0.278. The van der Waals surface area contributed by atoms with Gasteiger partial charge in [-0.25, -0.2) is 4.98 Å². The summed E-state index contributed by atoms with van der Waals surface area (Å²) in [5.74, 6) is -0.531. The largest absolute Gasteiger partial charge is 0.425 e. The van der Waals surface area contributed by atoms with Crippen molar-refractivity contribution in [2.24, 2.45) is 20.5 Å². The summed E-state index contributed by atoms with van der Waals surface area (Å²) in [7, 11) is -21.9. The molecule has 0 aliphatic carbocycles. The van der Waals surface area contributed by atoms with Crippen LogP contribution in [-0.2, 0) is 63.9 Å². The van der Waals surface area contributed by atoms with E-state index in [0.717, 1.165) is 12.1 Å². The van der Waals surface area contributed by atoms with Gasteiger partial charge in [0.25, 0.3) is 40.5 Å². The minimum absolute atomic E-state index is 0.0274. The molecule has 0 saturated carbocycles. The van der Waals surface area contributed by atoms with Gasteiger partial charge in [-0.15, -0.1) is 12.6 Å². The Bertz CT molecular complexity index is 3320. The predicted octanol–water partition coefficient (Wildman–Crippen LogP) is 5.07. The fourth-order valence-corrected chi connectivity index (χ4v) is 7.93. The Morgan fingerprint density at radius 1 is 0.540 bits per heavy atom. The van der Waals surface area contributed by atoms with Gasteiger partial charge >= 0.3 is 10.6 Å². The molecule has 6 aromatic rings. The summed E-state index contributed by atoms with van der Waals surface area (Å²) < 4.78 is 159. The predicted molar refractivity (Wildman–Crippen MR) is 221 cm³/mol. The monoisotopic (exact) mass is 962 g/mol. The van der Waals surface area contributed by atoms with Gasteiger partial charge < -0.3 is 5.32 Å². The third-order valence-electron chi connectivity index (χ3n) is 8.11. The lowest BCUT2D eigenvalue weighted by atomic mass is 10.1. The molecule has 0 aliphatic rings. The van der Waals surface area contributed by atoms with Crippen LogP contribution in [0.3, 0.4) is 0 Å². The first-order chi connectivity index (χ1) is 29.4. The van der Waals surface area contributed by atoms with Crippen molar-refractivity contribution in [1.82, 2.24) is 15.0 Å². The van der Waals surface area contributed by atoms with E-state index in [1.165, 1.54) is 30.3 Å². The van der Waals surface area contributed by atoms with Crippen LogP contribution in [-0.4, -0.2) is 91.8 Å². The van der Waals surface area contributed by atoms with Crippen molar-refractivity contribution in [3.63, 3.8) is 0 Å². The van der Waals surface area contributed by atoms with E-state index in [0.29, 0.717) is 23.0 Å². The van der Waals surface area contributed by atoms with Crippen LogP contribution in [0, 0.1) is 0 Å². The van der Waals surface area contributed by atoms with E-state index in [4.69, 9.17) is 12.6 Å². The number of nitrogens with one attached hydrogen (secondary N) is 1. The zero-order valence-corrected chi connectivity index (χ0v) is 35.7. The highest BCUT2D eigenvalue weighted by atomic mass is 32.2. The van der Waals surface area contributed by atoms with Crippen molar-refractivity contribution >= 4 is 90.6 Å². The highest BCUT2D eigenvalue weighted by Gasteiger charge is 2.21. The maximum atomic E-state index is 12.4. The minimum Gasteiger partial charge on any atom is -0.353 e. The minimum atomic E-state index is -4.87. The highest BCUT2D eigenvalue weighted by molar-refractivity contribution is 7.87. The van der Waals surface area contributed by atoms with Crippen LogP contribution in [0.4, 0.5) is 28.7 Å². The molecule has 5 aromatic carbocycles. The van der Waals surface area contributed by atoms with Crippen molar-refractivity contribution in [1.29, 1.82) is 0 Å². The number of benzene rings is 5. The Morgan fingerprint density at radius 2 is 1.06 bits per heavy atom. The second kappa shape index (κ2) is 19.8. The summed E-state index contributed by atoms with van der Waals surface area (Å²) in [6, 6.07) is 24.9. The van der Waals surface area contributed by atoms with Crippen molar-refractivity contribution < 1.29 is 64.5 Å². The molecule has 1 aromatic heterocycles. The van der Waals surface area contributed by atoms with Crippen LogP contribution in [0.2, 0.25) is 0 Å². The van der Waals surface area contributed by atoms with Gasteiger partial charge in [-0.05, 0) is 77.2 Å². The van der Waals surface area contributed by atoms with E-state index in [1.54, 1.807) is 54.6 Å². The number of azo groups is 2. The fourth-order valence-electron chi connectivity index (χ4n) is 5.47. The van der Waals surface area contributed by atoms with E-state index in [1.807, 2.05) is 0 Å². The lowest BCUT2D eigenvalue weighted by Gasteiger charge is -2.11. The molecule has 0 spiro atoms. The SMILES string of the molecule is O=S(=O)(O)CCNc1nc(Cc2ccc(N=Nc3ccc4c(S(=O)(=O)O)cc(S(=O)(=O)O)cc4c3)cc2)nc(Cc2ccc(N=Nc3ccccc3)cc2S(=O)(=O)O)n1.O=S(=O)=O. The zero-order chi connectivity index (χ0) is 46.2. The smallest absolute Gasteiger partial charge is 0.353 e. The quantitative estimate of drug-likeness (QED) is 0.0662. The van der Waals surface area contributed by atoms with Crippen molar-refractivity contribution in [2.75, 3.05) is 17.6 Å². The molecule has 0 atom stereocenters. The highest BCUT2D eigenvalue weighted by Crippen LogP contribution is 2.31. The van der Waals surface area contributed by atoms with Crippen LogP contribution in [0.1, 0.15) is 22.8 Å². The van der Waals surface area contributed by atoms with Gasteiger partial charge in [0.15, 0.2) is 0 Å². The number of anilines is 1. The number of fused-ring (bicyclic) bond motifs is 1. The van der Waals surface area contributed by atoms with Crippen LogP contribution in [0.25, 0.3) is 10.8 Å². The number of rotatable bonds is 15. The Hall–Kier alpha value is -6.37. The molecular formula is C35H30N8O15S5. The van der Waals surface area contributed by atoms with Gasteiger partial charge in [-0.1, -0.05) is 42.5 Å². The number of hydrogen-bond donors (Lipinski definition) is 5. The molecule has 5 N–H and O–H groups in total. The Labute approximate surface area is 359 Å². The van der Waals surface area contributed by atoms with Gasteiger partial charge in [0, 0.05) is 24.8 Å². The first kappa shape index (κ1) is 47.7. The second-order valence-corrected chi connectivity index (χ2v) is 18.9. The van der Waals surface area contributed by atoms with E-state index in [2.05, 4.69) is 40.7 Å². The molecule has 0 bridgehead atoms. The molecule has 28 heteroatoms. The standard InChI is InChI=1S/C35H30N8O12S4.O3S/c44-56(45,46)15-14-36-35-38-33(37-34(39-35)19-23-8-11-28(20-31(23)58(50,51)52)43-40-25-4-2-1-3-5-25)16-22-6-9-26(10-7-22)41-42-27-12-13-30-24(17-27)18-29(57(47,48)49)21-32(30)59(53,54)55;1-4(2)3/h1-13,17-18,20-21H,14-16,19H2,(H,44,45,46)(H,47,48,49)(H,50,51,52)(H,53,54,55)(H,36,37,38,39);. The molecule has 0 radical (unpaired) electrons. The zero-order valence-electron chi connectivity index (χ0n) is 31.6. The number of aromatic nitrogens is 3. The summed E-state index contributed by atoms with van der Waals surface area (Å²) in [4.78, 5) is 11.1. The molecule has 0 aliphatic heterocycles. The molecule has 6 rings (SSSR count). The van der Waals surface area contributed by atoms with Crippen molar-refractivity contribution in [3.05, 3.63) is 126 Å². The maximum Gasteiger partial charge on any atom is 0.425 e. The van der Waals surface area contributed by atoms with Crippen molar-refractivity contribution in [2.45, 2.75) is 27.5 Å². The van der Waals surface area contributed by atoms with Crippen LogP contribution in [0.15, 0.2) is 138 Å². The second-order valence-electron chi connectivity index (χ2n) is 12.7. The first-order valence-electron chi connectivity index (χ1n) is 17.2. The van der Waals surface area contributed by atoms with E-state index < -0.39 is 71.5 Å². The number of nitrogens with zero attached hydrogens (tertiary/aromatic N) is 7. The first-order valence-corrected chi connectivity index (χ1v) is 24.2. The van der Waals surface area contributed by atoms with Crippen LogP contribution >= 0.6 is 0 Å². The molecule has 0 unspecified atom stereocenters. The molecule has 0 fully saturated rings. The lowest BCUT2D eigenvalue weighted by molar-refractivity contribution is 0.478. The molecule has 330 valence electrons. The fraction of sp³-hybridized carbons (Fsp3) is 0.114. The van der Waals surface area contributed by atoms with Gasteiger partial charge in [0.1, 0.15) is 16.5 Å². The van der Waals surface area contributed by atoms with E-state index in [-0.39, 0.29) is 64.7 Å². The molecule has 0 amide bonds. The molecule has 0 saturated heterocycles. The average molecular weight is 963 g/mol. The molecule has 23 nitrogen and oxygen atoms in total. The lowest BCUT2D eigenvalue weighted by Crippen LogP contribution is -2.18. The normalized spacial score (nSPS) is 12.3. The van der Waals surface area contributed by atoms with E-state index >= 15 is 0 Å². The summed E-state index contributed by atoms with van der Waals surface area (Å²) in [5.41, 5.74) is 1.93. The summed E-state index contributed by atoms with van der Waals surface area (Å²) in [5, 5.41) is 19.1. The van der Waals surface area contributed by atoms with Gasteiger partial charge in [-0.3, -0.25) is 18.2 Å². The molecular weight excluding hydrogens is 933 g/mol. The Kier molecular flexibility index (Phi) is 15.0. The average Bonchev–Trinajstić information content (AvgIpc) is 3.18. The Balaban J connectivity index is 0.00000179. The van der Waals surface area contributed by atoms with Gasteiger partial charge in [0.05, 0.1) is 38.3 Å². The van der Waals surface area contributed by atoms with Gasteiger partial charge in [0.2, 0.25) is 5.95 Å². The number of hydrogen-bond acceptors (Lipinski definition) is 19. The third-order valence-corrected chi connectivity index (χ3v) is 11.5. The van der Waals surface area contributed by atoms with Crippen molar-refractivity contribution in [3.8, 4) is 0 Å². The molecule has 63 heavy (non-hydrogen) atoms. The van der Waals surface area contributed by atoms with E-state index in [9.17, 15) is 51.9 Å². The topological polar surface area (TPSA) is 369 Å². The third kappa shape index (κ3) is 14.6. The maximum absolute atomic E-state index is 12.4. The van der Waals surface area contributed by atoms with Crippen LogP contribution < -0.4 is 5.32 Å². The molecule has 1 heterocycles. The summed E-state index contributed by atoms with van der Waals surface area (Å²) in [6.07, 6.45) is -0.142.